The first-order chi connectivity index (χ1) is 4.04. The van der Waals surface area contributed by atoms with Crippen LogP contribution in [0.25, 0.3) is 0 Å². The van der Waals surface area contributed by atoms with E-state index in [0.29, 0.717) is 0 Å². The highest BCUT2D eigenvalue weighted by Crippen LogP contribution is 2.12. The quantitative estimate of drug-likeness (QED) is 0.500. The van der Waals surface area contributed by atoms with Crippen LogP contribution in [0.5, 0.6) is 0 Å². The van der Waals surface area contributed by atoms with Gasteiger partial charge in [0.25, 0.3) is 0 Å². The summed E-state index contributed by atoms with van der Waals surface area (Å²) >= 11 is 5.33. The van der Waals surface area contributed by atoms with Gasteiger partial charge in [-0.05, 0) is 26.8 Å². The molecule has 0 spiro atoms. The zero-order valence-corrected chi connectivity index (χ0v) is 6.59. The normalized spacial score (nSPS) is 12.6. The Hall–Kier alpha value is -0.300. The zero-order valence-electron chi connectivity index (χ0n) is 5.83. The van der Waals surface area contributed by atoms with Gasteiger partial charge in [-0.15, -0.1) is 0 Å². The van der Waals surface area contributed by atoms with Gasteiger partial charge < -0.3 is 0 Å². The lowest BCUT2D eigenvalue weighted by Gasteiger charge is -1.89. The number of halogens is 2. The van der Waals surface area contributed by atoms with Gasteiger partial charge in [0.1, 0.15) is 5.83 Å². The largest absolute Gasteiger partial charge is 0.206 e. The summed E-state index contributed by atoms with van der Waals surface area (Å²) in [6, 6.07) is 0. The van der Waals surface area contributed by atoms with E-state index in [4.69, 9.17) is 11.6 Å². The smallest absolute Gasteiger partial charge is 0.137 e. The first-order valence-corrected chi connectivity index (χ1v) is 3.08. The molecule has 0 N–H and O–H groups in total. The second-order valence-electron chi connectivity index (χ2n) is 2.10. The minimum Gasteiger partial charge on any atom is -0.206 e. The molecule has 0 bridgehead atoms. The second kappa shape index (κ2) is 3.67. The van der Waals surface area contributed by atoms with Crippen molar-refractivity contribution in [1.82, 2.24) is 0 Å². The molecule has 0 aliphatic carbocycles. The molecule has 0 aromatic heterocycles. The molecule has 0 atom stereocenters. The van der Waals surface area contributed by atoms with E-state index >= 15 is 0 Å². The number of rotatable bonds is 1. The van der Waals surface area contributed by atoms with Crippen LogP contribution in [0, 0.1) is 0 Å². The van der Waals surface area contributed by atoms with Gasteiger partial charge in [-0.1, -0.05) is 17.2 Å². The van der Waals surface area contributed by atoms with Crippen LogP contribution in [0.3, 0.4) is 0 Å². The molecule has 0 radical (unpaired) electrons. The van der Waals surface area contributed by atoms with Gasteiger partial charge in [0.05, 0.1) is 5.03 Å². The molecule has 0 heterocycles. The fourth-order valence-corrected chi connectivity index (χ4v) is 0.407. The van der Waals surface area contributed by atoms with Gasteiger partial charge in [0.15, 0.2) is 0 Å². The Morgan fingerprint density at radius 2 is 1.78 bits per heavy atom. The minimum atomic E-state index is -0.350. The zero-order chi connectivity index (χ0) is 7.44. The Bertz CT molecular complexity index is 148. The van der Waals surface area contributed by atoms with E-state index < -0.39 is 0 Å². The molecule has 0 aliphatic heterocycles. The third-order valence-electron chi connectivity index (χ3n) is 0.744. The van der Waals surface area contributed by atoms with Gasteiger partial charge in [0, 0.05) is 0 Å². The van der Waals surface area contributed by atoms with Crippen molar-refractivity contribution in [2.45, 2.75) is 20.8 Å². The molecule has 0 rings (SSSR count). The van der Waals surface area contributed by atoms with E-state index in [1.807, 2.05) is 13.8 Å². The average molecular weight is 149 g/mol. The molecular formula is C7H10ClF. The fraction of sp³-hybridized carbons (Fsp3) is 0.429. The Labute approximate surface area is 60.0 Å². The molecular weight excluding hydrogens is 139 g/mol. The highest BCUT2D eigenvalue weighted by molar-refractivity contribution is 6.29. The third-order valence-corrected chi connectivity index (χ3v) is 0.925. The maximum atomic E-state index is 12.4. The lowest BCUT2D eigenvalue weighted by molar-refractivity contribution is 0.660. The molecule has 0 aromatic carbocycles. The van der Waals surface area contributed by atoms with Crippen molar-refractivity contribution in [1.29, 1.82) is 0 Å². The van der Waals surface area contributed by atoms with Crippen LogP contribution >= 0.6 is 11.6 Å². The van der Waals surface area contributed by atoms with Crippen molar-refractivity contribution in [3.63, 3.8) is 0 Å². The van der Waals surface area contributed by atoms with E-state index in [-0.39, 0.29) is 10.9 Å². The summed E-state index contributed by atoms with van der Waals surface area (Å²) in [5.41, 5.74) is 0.910. The maximum Gasteiger partial charge on any atom is 0.137 e. The van der Waals surface area contributed by atoms with E-state index in [0.717, 1.165) is 5.57 Å². The van der Waals surface area contributed by atoms with E-state index in [2.05, 4.69) is 0 Å². The van der Waals surface area contributed by atoms with Crippen LogP contribution in [0.4, 0.5) is 4.39 Å². The number of hydrogen-bond acceptors (Lipinski definition) is 0. The van der Waals surface area contributed by atoms with Crippen molar-refractivity contribution in [3.8, 4) is 0 Å². The van der Waals surface area contributed by atoms with Gasteiger partial charge in [0.2, 0.25) is 0 Å². The number of allylic oxidation sites excluding steroid dienone is 4. The molecule has 0 nitrogen and oxygen atoms in total. The molecule has 0 amide bonds. The van der Waals surface area contributed by atoms with Crippen molar-refractivity contribution in [3.05, 3.63) is 22.5 Å². The Kier molecular flexibility index (Phi) is 3.55. The van der Waals surface area contributed by atoms with Crippen LogP contribution in [0.15, 0.2) is 22.5 Å². The van der Waals surface area contributed by atoms with Crippen molar-refractivity contribution >= 4 is 11.6 Å². The van der Waals surface area contributed by atoms with Crippen molar-refractivity contribution in [2.24, 2.45) is 0 Å². The topological polar surface area (TPSA) is 0 Å². The summed E-state index contributed by atoms with van der Waals surface area (Å²) in [6.07, 6.45) is 1.41. The fourth-order valence-electron chi connectivity index (χ4n) is 0.353. The summed E-state index contributed by atoms with van der Waals surface area (Å²) < 4.78 is 12.4. The molecule has 2 heteroatoms. The first-order valence-electron chi connectivity index (χ1n) is 2.71. The van der Waals surface area contributed by atoms with Gasteiger partial charge >= 0.3 is 0 Å². The van der Waals surface area contributed by atoms with E-state index in [1.165, 1.54) is 13.0 Å². The van der Waals surface area contributed by atoms with Gasteiger partial charge in [-0.2, -0.15) is 0 Å². The van der Waals surface area contributed by atoms with Crippen LogP contribution in [-0.4, -0.2) is 0 Å². The highest BCUT2D eigenvalue weighted by atomic mass is 35.5. The van der Waals surface area contributed by atoms with E-state index in [1.54, 1.807) is 0 Å². The SMILES string of the molecule is CC(C)=C/C(F)=C(\C)Cl. The number of hydrogen-bond donors (Lipinski definition) is 0. The van der Waals surface area contributed by atoms with Gasteiger partial charge in [-0.3, -0.25) is 0 Å². The van der Waals surface area contributed by atoms with Gasteiger partial charge in [-0.25, -0.2) is 4.39 Å². The lowest BCUT2D eigenvalue weighted by atomic mass is 10.3. The molecule has 0 aromatic rings. The van der Waals surface area contributed by atoms with Crippen LogP contribution in [0.2, 0.25) is 0 Å². The molecule has 0 unspecified atom stereocenters. The van der Waals surface area contributed by atoms with Crippen molar-refractivity contribution < 1.29 is 4.39 Å². The lowest BCUT2D eigenvalue weighted by Crippen LogP contribution is -1.70. The van der Waals surface area contributed by atoms with Crippen molar-refractivity contribution in [2.75, 3.05) is 0 Å². The summed E-state index contributed by atoms with van der Waals surface area (Å²) in [5.74, 6) is -0.350. The van der Waals surface area contributed by atoms with E-state index in [9.17, 15) is 4.39 Å². The standard InChI is InChI=1S/C7H10ClF/c1-5(2)4-7(9)6(3)8/h4H,1-3H3/b7-6-. The molecule has 0 saturated carbocycles. The summed E-state index contributed by atoms with van der Waals surface area (Å²) in [6.45, 7) is 5.16. The molecule has 0 saturated heterocycles. The minimum absolute atomic E-state index is 0.205. The molecule has 52 valence electrons. The Balaban J connectivity index is 4.25. The Morgan fingerprint density at radius 3 is 1.89 bits per heavy atom. The highest BCUT2D eigenvalue weighted by Gasteiger charge is 1.91. The summed E-state index contributed by atoms with van der Waals surface area (Å²) in [7, 11) is 0. The molecule has 9 heavy (non-hydrogen) atoms. The molecule has 0 aliphatic rings. The molecule has 0 fully saturated rings. The predicted molar refractivity (Wildman–Crippen MR) is 39.1 cm³/mol. The summed E-state index contributed by atoms with van der Waals surface area (Å²) in [5, 5.41) is 0.205. The van der Waals surface area contributed by atoms with Crippen LogP contribution in [-0.2, 0) is 0 Å². The first kappa shape index (κ1) is 8.70. The third kappa shape index (κ3) is 4.22. The summed E-state index contributed by atoms with van der Waals surface area (Å²) in [4.78, 5) is 0. The van der Waals surface area contributed by atoms with Crippen LogP contribution < -0.4 is 0 Å². The monoisotopic (exact) mass is 148 g/mol. The predicted octanol–water partition coefficient (Wildman–Crippen LogP) is 3.39. The Morgan fingerprint density at radius 1 is 1.33 bits per heavy atom. The van der Waals surface area contributed by atoms with Crippen LogP contribution in [0.1, 0.15) is 20.8 Å². The average Bonchev–Trinajstić information content (AvgIpc) is 1.63. The maximum absolute atomic E-state index is 12.4. The second-order valence-corrected chi connectivity index (χ2v) is 2.67.